The Bertz CT molecular complexity index is 868. The highest BCUT2D eigenvalue weighted by Gasteiger charge is 2.31. The number of benzene rings is 2. The number of nitrogens with zero attached hydrogens (tertiary/aromatic N) is 1. The fourth-order valence-corrected chi connectivity index (χ4v) is 4.30. The van der Waals surface area contributed by atoms with Crippen molar-refractivity contribution in [3.05, 3.63) is 60.2 Å². The van der Waals surface area contributed by atoms with Gasteiger partial charge in [0.15, 0.2) is 9.84 Å². The fraction of sp³-hybridized carbons (Fsp3) is 0.381. The molecule has 0 radical (unpaired) electrons. The van der Waals surface area contributed by atoms with Crippen LogP contribution in [-0.2, 0) is 14.6 Å². The molecule has 0 fully saturated rings. The molecule has 1 atom stereocenters. The Labute approximate surface area is 162 Å². The molecule has 0 spiro atoms. The topological polar surface area (TPSA) is 66.5 Å². The lowest BCUT2D eigenvalue weighted by Gasteiger charge is -2.23. The summed E-state index contributed by atoms with van der Waals surface area (Å²) in [4.78, 5) is 14.5. The molecule has 0 saturated carbocycles. The largest absolute Gasteiger partial charge is 0.378 e. The van der Waals surface area contributed by atoms with Crippen LogP contribution in [0.2, 0.25) is 0 Å². The van der Waals surface area contributed by atoms with E-state index in [4.69, 9.17) is 0 Å². The fourth-order valence-electron chi connectivity index (χ4n) is 2.62. The molecule has 27 heavy (non-hydrogen) atoms. The van der Waals surface area contributed by atoms with E-state index in [-0.39, 0.29) is 17.3 Å². The summed E-state index contributed by atoms with van der Waals surface area (Å²) in [5.74, 6) is -0.180. The number of hydrogen-bond acceptors (Lipinski definition) is 4. The number of rotatable bonds is 6. The molecule has 6 heteroatoms. The molecule has 2 rings (SSSR count). The van der Waals surface area contributed by atoms with Gasteiger partial charge in [0.2, 0.25) is 5.91 Å². The van der Waals surface area contributed by atoms with E-state index in [9.17, 15) is 13.2 Å². The standard InChI is InChI=1S/C21H28N2O3S/c1-21(2,3)20(24)22-15-19(16-11-13-17(14-12-16)23(4)5)27(25,26)18-9-7-6-8-10-18/h6-14,19H,15H2,1-5H3,(H,22,24)/t19-/m1/s1. The van der Waals surface area contributed by atoms with Crippen molar-refractivity contribution < 1.29 is 13.2 Å². The van der Waals surface area contributed by atoms with E-state index in [2.05, 4.69) is 5.32 Å². The smallest absolute Gasteiger partial charge is 0.225 e. The van der Waals surface area contributed by atoms with Crippen LogP contribution in [0.5, 0.6) is 0 Å². The zero-order valence-corrected chi connectivity index (χ0v) is 17.4. The minimum Gasteiger partial charge on any atom is -0.378 e. The predicted molar refractivity (Wildman–Crippen MR) is 110 cm³/mol. The van der Waals surface area contributed by atoms with Crippen LogP contribution in [-0.4, -0.2) is 35.0 Å². The van der Waals surface area contributed by atoms with Crippen molar-refractivity contribution in [1.82, 2.24) is 5.32 Å². The zero-order valence-electron chi connectivity index (χ0n) is 16.6. The maximum absolute atomic E-state index is 13.3. The van der Waals surface area contributed by atoms with Crippen molar-refractivity contribution in [2.45, 2.75) is 30.9 Å². The molecule has 1 amide bonds. The predicted octanol–water partition coefficient (Wildman–Crippen LogP) is 3.43. The molecular weight excluding hydrogens is 360 g/mol. The van der Waals surface area contributed by atoms with E-state index in [0.29, 0.717) is 5.56 Å². The molecule has 2 aromatic rings. The van der Waals surface area contributed by atoms with E-state index in [1.807, 2.05) is 43.3 Å². The summed E-state index contributed by atoms with van der Waals surface area (Å²) in [6.45, 7) is 5.42. The number of amides is 1. The summed E-state index contributed by atoms with van der Waals surface area (Å²) in [6.07, 6.45) is 0. The Kier molecular flexibility index (Phi) is 6.31. The van der Waals surface area contributed by atoms with Crippen molar-refractivity contribution in [1.29, 1.82) is 0 Å². The summed E-state index contributed by atoms with van der Waals surface area (Å²) >= 11 is 0. The second-order valence-corrected chi connectivity index (χ2v) is 9.92. The number of carbonyl (C=O) groups excluding carboxylic acids is 1. The average Bonchev–Trinajstić information content (AvgIpc) is 2.62. The lowest BCUT2D eigenvalue weighted by Crippen LogP contribution is -2.38. The van der Waals surface area contributed by atoms with Crippen LogP contribution < -0.4 is 10.2 Å². The quantitative estimate of drug-likeness (QED) is 0.823. The van der Waals surface area contributed by atoms with Crippen LogP contribution in [0.25, 0.3) is 0 Å². The van der Waals surface area contributed by atoms with Crippen LogP contribution in [0.4, 0.5) is 5.69 Å². The summed E-state index contributed by atoms with van der Waals surface area (Å²) < 4.78 is 26.5. The minimum absolute atomic E-state index is 0.0225. The molecule has 2 aromatic carbocycles. The van der Waals surface area contributed by atoms with Gasteiger partial charge in [-0.1, -0.05) is 51.1 Å². The van der Waals surface area contributed by atoms with E-state index >= 15 is 0 Å². The maximum atomic E-state index is 13.3. The summed E-state index contributed by atoms with van der Waals surface area (Å²) in [6, 6.07) is 15.7. The molecule has 0 unspecified atom stereocenters. The van der Waals surface area contributed by atoms with Crippen molar-refractivity contribution in [3.63, 3.8) is 0 Å². The molecule has 0 bridgehead atoms. The van der Waals surface area contributed by atoms with Crippen molar-refractivity contribution in [2.75, 3.05) is 25.5 Å². The van der Waals surface area contributed by atoms with Crippen LogP contribution in [0, 0.1) is 5.41 Å². The molecule has 0 aromatic heterocycles. The van der Waals surface area contributed by atoms with E-state index in [1.54, 1.807) is 51.1 Å². The third kappa shape index (κ3) is 5.10. The summed E-state index contributed by atoms with van der Waals surface area (Å²) in [5.41, 5.74) is 1.04. The van der Waals surface area contributed by atoms with Crippen molar-refractivity contribution >= 4 is 21.4 Å². The first-order valence-electron chi connectivity index (χ1n) is 8.88. The summed E-state index contributed by atoms with van der Waals surface area (Å²) in [7, 11) is 0.198. The SMILES string of the molecule is CN(C)c1ccc([C@@H](CNC(=O)C(C)(C)C)S(=O)(=O)c2ccccc2)cc1. The van der Waals surface area contributed by atoms with Gasteiger partial charge in [-0.25, -0.2) is 8.42 Å². The summed E-state index contributed by atoms with van der Waals surface area (Å²) in [5, 5.41) is 1.95. The third-order valence-corrected chi connectivity index (χ3v) is 6.47. The Morgan fingerprint density at radius 2 is 1.56 bits per heavy atom. The molecule has 146 valence electrons. The molecular formula is C21H28N2O3S. The zero-order chi connectivity index (χ0) is 20.2. The van der Waals surface area contributed by atoms with Crippen LogP contribution in [0.15, 0.2) is 59.5 Å². The number of hydrogen-bond donors (Lipinski definition) is 1. The molecule has 0 saturated heterocycles. The minimum atomic E-state index is -3.66. The van der Waals surface area contributed by atoms with E-state index in [0.717, 1.165) is 5.69 Å². The van der Waals surface area contributed by atoms with Crippen LogP contribution in [0.1, 0.15) is 31.6 Å². The van der Waals surface area contributed by atoms with Crippen LogP contribution in [0.3, 0.4) is 0 Å². The van der Waals surface area contributed by atoms with Gasteiger partial charge >= 0.3 is 0 Å². The van der Waals surface area contributed by atoms with Gasteiger partial charge in [0.25, 0.3) is 0 Å². The Hall–Kier alpha value is -2.34. The number of sulfone groups is 1. The van der Waals surface area contributed by atoms with Gasteiger partial charge in [-0.2, -0.15) is 0 Å². The first-order valence-corrected chi connectivity index (χ1v) is 10.4. The Morgan fingerprint density at radius 3 is 2.04 bits per heavy atom. The molecule has 0 heterocycles. The van der Waals surface area contributed by atoms with Crippen molar-refractivity contribution in [3.8, 4) is 0 Å². The second-order valence-electron chi connectivity index (χ2n) is 7.79. The Balaban J connectivity index is 2.41. The lowest BCUT2D eigenvalue weighted by molar-refractivity contribution is -0.128. The highest BCUT2D eigenvalue weighted by Crippen LogP contribution is 2.30. The monoisotopic (exact) mass is 388 g/mol. The molecule has 0 aliphatic heterocycles. The number of anilines is 1. The number of nitrogens with one attached hydrogen (secondary N) is 1. The van der Waals surface area contributed by atoms with E-state index < -0.39 is 20.5 Å². The first-order chi connectivity index (χ1) is 12.5. The Morgan fingerprint density at radius 1 is 1.00 bits per heavy atom. The van der Waals surface area contributed by atoms with E-state index in [1.165, 1.54) is 0 Å². The first kappa shape index (κ1) is 21.0. The second kappa shape index (κ2) is 8.13. The van der Waals surface area contributed by atoms with Crippen LogP contribution >= 0.6 is 0 Å². The molecule has 5 nitrogen and oxygen atoms in total. The maximum Gasteiger partial charge on any atom is 0.225 e. The normalized spacial score (nSPS) is 13.1. The highest BCUT2D eigenvalue weighted by atomic mass is 32.2. The molecule has 0 aliphatic carbocycles. The average molecular weight is 389 g/mol. The van der Waals surface area contributed by atoms with Gasteiger partial charge in [0.05, 0.1) is 4.90 Å². The van der Waals surface area contributed by atoms with Gasteiger partial charge in [-0.15, -0.1) is 0 Å². The molecule has 1 N–H and O–H groups in total. The van der Waals surface area contributed by atoms with Gasteiger partial charge < -0.3 is 10.2 Å². The lowest BCUT2D eigenvalue weighted by atomic mass is 9.95. The molecule has 0 aliphatic rings. The van der Waals surface area contributed by atoms with Crippen molar-refractivity contribution in [2.24, 2.45) is 5.41 Å². The highest BCUT2D eigenvalue weighted by molar-refractivity contribution is 7.91. The van der Waals surface area contributed by atoms with Gasteiger partial charge in [0, 0.05) is 31.7 Å². The number of carbonyl (C=O) groups is 1. The third-order valence-electron chi connectivity index (χ3n) is 4.36. The van der Waals surface area contributed by atoms with Gasteiger partial charge in [0.1, 0.15) is 5.25 Å². The van der Waals surface area contributed by atoms with Gasteiger partial charge in [-0.3, -0.25) is 4.79 Å². The van der Waals surface area contributed by atoms with Gasteiger partial charge in [-0.05, 0) is 29.8 Å².